The van der Waals surface area contributed by atoms with Crippen molar-refractivity contribution in [2.75, 3.05) is 32.6 Å². The Morgan fingerprint density at radius 2 is 1.79 bits per heavy atom. The molecule has 0 saturated carbocycles. The number of hydrogen-bond acceptors (Lipinski definition) is 4. The van der Waals surface area contributed by atoms with Crippen molar-refractivity contribution < 1.29 is 14.6 Å². The van der Waals surface area contributed by atoms with Crippen molar-refractivity contribution in [2.24, 2.45) is 4.99 Å². The van der Waals surface area contributed by atoms with Crippen LogP contribution in [-0.2, 0) is 11.3 Å². The van der Waals surface area contributed by atoms with Gasteiger partial charge < -0.3 is 25.4 Å². The number of hydrogen-bond donors (Lipinski definition) is 3. The van der Waals surface area contributed by atoms with E-state index in [0.717, 1.165) is 11.3 Å². The molecule has 28 heavy (non-hydrogen) atoms. The molecule has 1 amide bonds. The first kappa shape index (κ1) is 23.5. The summed E-state index contributed by atoms with van der Waals surface area (Å²) in [7, 11) is 3.56. The van der Waals surface area contributed by atoms with Gasteiger partial charge in [0.25, 0.3) is 0 Å². The van der Waals surface area contributed by atoms with Crippen LogP contribution in [0.5, 0.6) is 11.5 Å². The number of methoxy groups -OCH3 is 1. The fourth-order valence-electron chi connectivity index (χ4n) is 2.44. The number of carbonyl (C=O) groups excluding carboxylic acids is 1. The average Bonchev–Trinajstić information content (AvgIpc) is 2.67. The lowest BCUT2D eigenvalue weighted by Gasteiger charge is -2.22. The summed E-state index contributed by atoms with van der Waals surface area (Å²) >= 11 is 0. The molecule has 0 aromatic heterocycles. The van der Waals surface area contributed by atoms with E-state index >= 15 is 0 Å². The minimum Gasteiger partial charge on any atom is -0.508 e. The van der Waals surface area contributed by atoms with E-state index < -0.39 is 0 Å². The largest absolute Gasteiger partial charge is 0.508 e. The van der Waals surface area contributed by atoms with Crippen molar-refractivity contribution in [3.8, 4) is 11.5 Å². The fraction of sp³-hybridized carbons (Fsp3) is 0.300. The number of benzene rings is 2. The van der Waals surface area contributed by atoms with Crippen molar-refractivity contribution in [1.29, 1.82) is 0 Å². The summed E-state index contributed by atoms with van der Waals surface area (Å²) in [5.41, 5.74) is 1.72. The molecule has 0 aliphatic heterocycles. The summed E-state index contributed by atoms with van der Waals surface area (Å²) in [5, 5.41) is 15.2. The molecule has 2 aromatic rings. The third-order valence-electron chi connectivity index (χ3n) is 3.80. The number of nitrogens with one attached hydrogen (secondary N) is 2. The number of anilines is 1. The Kier molecular flexibility index (Phi) is 10.1. The topological polar surface area (TPSA) is 86.2 Å². The van der Waals surface area contributed by atoms with Crippen LogP contribution in [0, 0.1) is 0 Å². The summed E-state index contributed by atoms with van der Waals surface area (Å²) in [6.07, 6.45) is 0. The lowest BCUT2D eigenvalue weighted by molar-refractivity contribution is -0.114. The molecule has 2 rings (SSSR count). The van der Waals surface area contributed by atoms with E-state index in [9.17, 15) is 9.90 Å². The number of phenolic OH excluding ortho intramolecular Hbond substituents is 1. The van der Waals surface area contributed by atoms with E-state index in [4.69, 9.17) is 4.74 Å². The lowest BCUT2D eigenvalue weighted by atomic mass is 10.2. The number of ether oxygens (including phenoxy) is 1. The lowest BCUT2D eigenvalue weighted by Crippen LogP contribution is -2.39. The molecule has 0 atom stereocenters. The molecular weight excluding hydrogens is 471 g/mol. The number of phenols is 1. The first-order chi connectivity index (χ1) is 13.0. The molecule has 0 aliphatic rings. The molecule has 2 aromatic carbocycles. The summed E-state index contributed by atoms with van der Waals surface area (Å²) in [6, 6.07) is 14.1. The molecule has 8 heteroatoms. The van der Waals surface area contributed by atoms with Crippen LogP contribution >= 0.6 is 24.0 Å². The van der Waals surface area contributed by atoms with Gasteiger partial charge >= 0.3 is 0 Å². The van der Waals surface area contributed by atoms with Crippen molar-refractivity contribution in [3.63, 3.8) is 0 Å². The van der Waals surface area contributed by atoms with Gasteiger partial charge in [0.15, 0.2) is 5.96 Å². The predicted molar refractivity (Wildman–Crippen MR) is 123 cm³/mol. The zero-order chi connectivity index (χ0) is 19.6. The van der Waals surface area contributed by atoms with Crippen LogP contribution in [0.15, 0.2) is 53.5 Å². The number of halogens is 1. The summed E-state index contributed by atoms with van der Waals surface area (Å²) in [5.74, 6) is 1.39. The molecule has 0 saturated heterocycles. The predicted octanol–water partition coefficient (Wildman–Crippen LogP) is 3.05. The van der Waals surface area contributed by atoms with Gasteiger partial charge in [-0.05, 0) is 48.9 Å². The first-order valence-corrected chi connectivity index (χ1v) is 8.73. The number of aliphatic imine (C=N–C) groups is 1. The number of rotatable bonds is 7. The number of guanidine groups is 1. The second-order valence-corrected chi connectivity index (χ2v) is 5.97. The number of aromatic hydroxyl groups is 1. The zero-order valence-corrected chi connectivity index (χ0v) is 18.6. The monoisotopic (exact) mass is 498 g/mol. The highest BCUT2D eigenvalue weighted by Gasteiger charge is 2.08. The standard InChI is InChI=1S/C20H26N4O3.HI/c1-4-21-20(24(2)14-15-5-11-18(27-3)12-6-15)22-13-19(26)23-16-7-9-17(25)10-8-16;/h5-12,25H,4,13-14H2,1-3H3,(H,21,22)(H,23,26);1H. The molecule has 0 bridgehead atoms. The van der Waals surface area contributed by atoms with Crippen molar-refractivity contribution in [1.82, 2.24) is 10.2 Å². The Morgan fingerprint density at radius 1 is 1.14 bits per heavy atom. The Morgan fingerprint density at radius 3 is 2.36 bits per heavy atom. The van der Waals surface area contributed by atoms with E-state index in [1.165, 1.54) is 12.1 Å². The quantitative estimate of drug-likeness (QED) is 0.237. The second kappa shape index (κ2) is 12.1. The second-order valence-electron chi connectivity index (χ2n) is 5.97. The van der Waals surface area contributed by atoms with Gasteiger partial charge in [-0.3, -0.25) is 4.79 Å². The van der Waals surface area contributed by atoms with Crippen molar-refractivity contribution in [2.45, 2.75) is 13.5 Å². The van der Waals surface area contributed by atoms with Gasteiger partial charge in [0.2, 0.25) is 5.91 Å². The molecule has 0 aliphatic carbocycles. The van der Waals surface area contributed by atoms with Crippen LogP contribution < -0.4 is 15.4 Å². The van der Waals surface area contributed by atoms with E-state index in [2.05, 4.69) is 15.6 Å². The van der Waals surface area contributed by atoms with Crippen LogP contribution in [0.2, 0.25) is 0 Å². The fourth-order valence-corrected chi connectivity index (χ4v) is 2.44. The van der Waals surface area contributed by atoms with E-state index in [-0.39, 0.29) is 42.2 Å². The van der Waals surface area contributed by atoms with Crippen LogP contribution in [0.3, 0.4) is 0 Å². The first-order valence-electron chi connectivity index (χ1n) is 8.73. The normalized spacial score (nSPS) is 10.6. The molecule has 0 unspecified atom stereocenters. The average molecular weight is 498 g/mol. The minimum absolute atomic E-state index is 0. The third kappa shape index (κ3) is 7.63. The zero-order valence-electron chi connectivity index (χ0n) is 16.3. The minimum atomic E-state index is -0.228. The van der Waals surface area contributed by atoms with Gasteiger partial charge in [0, 0.05) is 25.8 Å². The van der Waals surface area contributed by atoms with E-state index in [0.29, 0.717) is 24.7 Å². The van der Waals surface area contributed by atoms with Gasteiger partial charge in [-0.2, -0.15) is 0 Å². The molecule has 152 valence electrons. The molecular formula is C20H27IN4O3. The summed E-state index contributed by atoms with van der Waals surface area (Å²) in [6.45, 7) is 3.32. The van der Waals surface area contributed by atoms with Gasteiger partial charge in [-0.15, -0.1) is 24.0 Å². The Labute approximate surface area is 182 Å². The highest BCUT2D eigenvalue weighted by molar-refractivity contribution is 14.0. The van der Waals surface area contributed by atoms with Crippen LogP contribution in [-0.4, -0.2) is 49.1 Å². The molecule has 0 spiro atoms. The SMILES string of the molecule is CCNC(=NCC(=O)Nc1ccc(O)cc1)N(C)Cc1ccc(OC)cc1.I. The maximum Gasteiger partial charge on any atom is 0.246 e. The van der Waals surface area contributed by atoms with Crippen LogP contribution in [0.1, 0.15) is 12.5 Å². The smallest absolute Gasteiger partial charge is 0.246 e. The molecule has 0 heterocycles. The molecule has 3 N–H and O–H groups in total. The maximum atomic E-state index is 12.1. The highest BCUT2D eigenvalue weighted by atomic mass is 127. The summed E-state index contributed by atoms with van der Waals surface area (Å²) < 4.78 is 5.17. The highest BCUT2D eigenvalue weighted by Crippen LogP contribution is 2.14. The molecule has 0 fully saturated rings. The molecule has 0 radical (unpaired) electrons. The van der Waals surface area contributed by atoms with Crippen LogP contribution in [0.25, 0.3) is 0 Å². The number of carbonyl (C=O) groups is 1. The number of amides is 1. The van der Waals surface area contributed by atoms with E-state index in [1.54, 1.807) is 19.2 Å². The van der Waals surface area contributed by atoms with Gasteiger partial charge in [-0.25, -0.2) is 4.99 Å². The van der Waals surface area contributed by atoms with Gasteiger partial charge in [-0.1, -0.05) is 12.1 Å². The third-order valence-corrected chi connectivity index (χ3v) is 3.80. The Hall–Kier alpha value is -2.49. The van der Waals surface area contributed by atoms with Crippen molar-refractivity contribution in [3.05, 3.63) is 54.1 Å². The molecule has 7 nitrogen and oxygen atoms in total. The summed E-state index contributed by atoms with van der Waals surface area (Å²) in [4.78, 5) is 18.5. The maximum absolute atomic E-state index is 12.1. The Balaban J connectivity index is 0.00000392. The van der Waals surface area contributed by atoms with Crippen LogP contribution in [0.4, 0.5) is 5.69 Å². The van der Waals surface area contributed by atoms with Crippen molar-refractivity contribution >= 4 is 41.5 Å². The van der Waals surface area contributed by atoms with Gasteiger partial charge in [0.05, 0.1) is 7.11 Å². The number of nitrogens with zero attached hydrogens (tertiary/aromatic N) is 2. The Bertz CT molecular complexity index is 764. The van der Waals surface area contributed by atoms with Gasteiger partial charge in [0.1, 0.15) is 18.0 Å². The van der Waals surface area contributed by atoms with E-state index in [1.807, 2.05) is 43.1 Å².